The van der Waals surface area contributed by atoms with Crippen LogP contribution in [-0.2, 0) is 27.5 Å². The van der Waals surface area contributed by atoms with Crippen LogP contribution < -0.4 is 5.73 Å². The number of benzene rings is 1. The second-order valence-electron chi connectivity index (χ2n) is 9.59. The number of hydrogen-bond acceptors (Lipinski definition) is 5. The molecule has 2 fully saturated rings. The van der Waals surface area contributed by atoms with Crippen LogP contribution in [-0.4, -0.2) is 55.0 Å². The maximum Gasteiger partial charge on any atom is 0.416 e. The van der Waals surface area contributed by atoms with Crippen LogP contribution in [0, 0.1) is 17.8 Å². The van der Waals surface area contributed by atoms with Crippen LogP contribution >= 0.6 is 0 Å². The van der Waals surface area contributed by atoms with Gasteiger partial charge in [0.25, 0.3) is 5.91 Å². The maximum atomic E-state index is 13.0. The fourth-order valence-electron chi connectivity index (χ4n) is 5.20. The molecule has 4 atom stereocenters. The van der Waals surface area contributed by atoms with Crippen molar-refractivity contribution in [2.24, 2.45) is 23.5 Å². The second-order valence-corrected chi connectivity index (χ2v) is 11.5. The van der Waals surface area contributed by atoms with E-state index in [2.05, 4.69) is 4.90 Å². The first-order valence-electron chi connectivity index (χ1n) is 10.9. The van der Waals surface area contributed by atoms with Crippen LogP contribution in [0.2, 0.25) is 0 Å². The summed E-state index contributed by atoms with van der Waals surface area (Å²) in [7, 11) is -3.81. The van der Waals surface area contributed by atoms with Crippen LogP contribution in [0.3, 0.4) is 0 Å². The van der Waals surface area contributed by atoms with E-state index in [1.807, 2.05) is 13.8 Å². The molecule has 1 aliphatic heterocycles. The van der Waals surface area contributed by atoms with E-state index in [9.17, 15) is 26.4 Å². The van der Waals surface area contributed by atoms with Crippen molar-refractivity contribution >= 4 is 15.9 Å². The number of carbonyl (C=O) groups is 1. The minimum atomic E-state index is -4.40. The standard InChI is InChI=1S/C22H32F3N3O3S/c1-14(2)9-19(26)21(29)28(32(3,30)31)20-8-7-16-12-27(13-18(16)20)11-15-5-4-6-17(10-15)22(23,24)25/h4-6,10,14,16,18-20H,7-9,11-13,26H2,1-3H3/t16-,18+,19-,20+/m0/s1. The van der Waals surface area contributed by atoms with Crippen molar-refractivity contribution < 1.29 is 26.4 Å². The first-order valence-corrected chi connectivity index (χ1v) is 12.8. The van der Waals surface area contributed by atoms with Crippen LogP contribution in [0.1, 0.15) is 44.2 Å². The molecule has 6 nitrogen and oxygen atoms in total. The minimum Gasteiger partial charge on any atom is -0.320 e. The van der Waals surface area contributed by atoms with Gasteiger partial charge < -0.3 is 5.73 Å². The number of fused-ring (bicyclic) bond motifs is 1. The van der Waals surface area contributed by atoms with Crippen molar-refractivity contribution in [3.8, 4) is 0 Å². The van der Waals surface area contributed by atoms with E-state index in [-0.39, 0.29) is 17.8 Å². The number of sulfonamides is 1. The lowest BCUT2D eigenvalue weighted by Gasteiger charge is -2.33. The van der Waals surface area contributed by atoms with Gasteiger partial charge in [-0.05, 0) is 48.6 Å². The van der Waals surface area contributed by atoms with Crippen LogP contribution in [0.5, 0.6) is 0 Å². The number of hydrogen-bond donors (Lipinski definition) is 1. The molecule has 2 aliphatic rings. The molecule has 0 unspecified atom stereocenters. The lowest BCUT2D eigenvalue weighted by atomic mass is 9.97. The molecule has 1 saturated carbocycles. The molecule has 1 aromatic carbocycles. The number of nitrogens with two attached hydrogens (primary N) is 1. The molecule has 0 bridgehead atoms. The maximum absolute atomic E-state index is 13.0. The van der Waals surface area contributed by atoms with Gasteiger partial charge in [0, 0.05) is 19.6 Å². The molecule has 32 heavy (non-hydrogen) atoms. The Morgan fingerprint density at radius 1 is 1.25 bits per heavy atom. The Kier molecular flexibility index (Phi) is 7.26. The van der Waals surface area contributed by atoms with Gasteiger partial charge in [-0.15, -0.1) is 0 Å². The quantitative estimate of drug-likeness (QED) is 0.655. The zero-order valence-electron chi connectivity index (χ0n) is 18.7. The van der Waals surface area contributed by atoms with Crippen molar-refractivity contribution in [1.82, 2.24) is 9.21 Å². The van der Waals surface area contributed by atoms with Crippen molar-refractivity contribution in [1.29, 1.82) is 0 Å². The fraction of sp³-hybridized carbons (Fsp3) is 0.682. The number of likely N-dealkylation sites (tertiary alicyclic amines) is 1. The first kappa shape index (κ1) is 25.0. The molecule has 2 N–H and O–H groups in total. The van der Waals surface area contributed by atoms with Crippen LogP contribution in [0.15, 0.2) is 24.3 Å². The topological polar surface area (TPSA) is 83.7 Å². The highest BCUT2D eigenvalue weighted by Crippen LogP contribution is 2.42. The lowest BCUT2D eigenvalue weighted by Crippen LogP contribution is -2.53. The van der Waals surface area contributed by atoms with Crippen molar-refractivity contribution in [3.05, 3.63) is 35.4 Å². The van der Waals surface area contributed by atoms with Crippen molar-refractivity contribution in [2.75, 3.05) is 19.3 Å². The van der Waals surface area contributed by atoms with Gasteiger partial charge in [0.2, 0.25) is 10.0 Å². The normalized spacial score (nSPS) is 25.2. The van der Waals surface area contributed by atoms with Gasteiger partial charge >= 0.3 is 6.18 Å². The SMILES string of the molecule is CC(C)C[C@H](N)C(=O)N([C@@H]1CC[C@H]2CN(Cc3cccc(C(F)(F)F)c3)C[C@H]21)S(C)(=O)=O. The summed E-state index contributed by atoms with van der Waals surface area (Å²) in [4.78, 5) is 15.1. The molecule has 0 spiro atoms. The predicted octanol–water partition coefficient (Wildman–Crippen LogP) is 3.08. The summed E-state index contributed by atoms with van der Waals surface area (Å²) in [5, 5.41) is 0. The minimum absolute atomic E-state index is 0.0503. The van der Waals surface area contributed by atoms with Gasteiger partial charge in [-0.1, -0.05) is 32.0 Å². The third-order valence-electron chi connectivity index (χ3n) is 6.47. The zero-order valence-corrected chi connectivity index (χ0v) is 19.5. The Bertz CT molecular complexity index is 936. The number of alkyl halides is 3. The molecule has 10 heteroatoms. The van der Waals surface area contributed by atoms with Crippen molar-refractivity contribution in [3.63, 3.8) is 0 Å². The summed E-state index contributed by atoms with van der Waals surface area (Å²) in [5.74, 6) is -0.265. The Morgan fingerprint density at radius 3 is 2.53 bits per heavy atom. The summed E-state index contributed by atoms with van der Waals surface area (Å²) >= 11 is 0. The van der Waals surface area contributed by atoms with Gasteiger partial charge in [0.1, 0.15) is 0 Å². The predicted molar refractivity (Wildman–Crippen MR) is 116 cm³/mol. The third kappa shape index (κ3) is 5.63. The smallest absolute Gasteiger partial charge is 0.320 e. The molecule has 3 rings (SSSR count). The van der Waals surface area contributed by atoms with E-state index < -0.39 is 39.8 Å². The van der Waals surface area contributed by atoms with Gasteiger partial charge in [0.05, 0.1) is 23.9 Å². The Morgan fingerprint density at radius 2 is 1.94 bits per heavy atom. The number of amides is 1. The lowest BCUT2D eigenvalue weighted by molar-refractivity contribution is -0.137. The van der Waals surface area contributed by atoms with E-state index >= 15 is 0 Å². The van der Waals surface area contributed by atoms with Gasteiger partial charge in [-0.25, -0.2) is 12.7 Å². The number of nitrogens with zero attached hydrogens (tertiary/aromatic N) is 2. The highest BCUT2D eigenvalue weighted by atomic mass is 32.2. The van der Waals surface area contributed by atoms with E-state index in [4.69, 9.17) is 5.73 Å². The zero-order chi connectivity index (χ0) is 23.8. The summed E-state index contributed by atoms with van der Waals surface area (Å²) in [5.41, 5.74) is 5.92. The van der Waals surface area contributed by atoms with E-state index in [0.717, 1.165) is 29.1 Å². The third-order valence-corrected chi connectivity index (χ3v) is 7.64. The molecule has 1 aliphatic carbocycles. The average Bonchev–Trinajstić information content (AvgIpc) is 3.21. The number of carbonyl (C=O) groups excluding carboxylic acids is 1. The summed E-state index contributed by atoms with van der Waals surface area (Å²) in [6, 6.07) is 3.92. The van der Waals surface area contributed by atoms with E-state index in [0.29, 0.717) is 38.0 Å². The summed E-state index contributed by atoms with van der Waals surface area (Å²) in [6.45, 7) is 5.40. The molecule has 1 amide bonds. The molecular formula is C22H32F3N3O3S. The summed E-state index contributed by atoms with van der Waals surface area (Å²) in [6.07, 6.45) is -1.61. The second kappa shape index (κ2) is 9.30. The van der Waals surface area contributed by atoms with Crippen LogP contribution in [0.25, 0.3) is 0 Å². The molecule has 1 aromatic rings. The number of halogens is 3. The van der Waals surface area contributed by atoms with Crippen molar-refractivity contribution in [2.45, 2.75) is 57.9 Å². The molecule has 1 heterocycles. The molecule has 0 radical (unpaired) electrons. The average molecular weight is 476 g/mol. The number of rotatable bonds is 7. The molecule has 0 aromatic heterocycles. The highest BCUT2D eigenvalue weighted by Gasteiger charge is 2.49. The largest absolute Gasteiger partial charge is 0.416 e. The van der Waals surface area contributed by atoms with Gasteiger partial charge in [-0.3, -0.25) is 9.69 Å². The van der Waals surface area contributed by atoms with E-state index in [1.54, 1.807) is 6.07 Å². The Balaban J connectivity index is 1.74. The molecule has 180 valence electrons. The molecule has 1 saturated heterocycles. The fourth-order valence-corrected chi connectivity index (χ4v) is 6.41. The Hall–Kier alpha value is -1.65. The summed E-state index contributed by atoms with van der Waals surface area (Å²) < 4.78 is 65.2. The Labute approximate surface area is 188 Å². The van der Waals surface area contributed by atoms with E-state index in [1.165, 1.54) is 6.07 Å². The van der Waals surface area contributed by atoms with Gasteiger partial charge in [-0.2, -0.15) is 13.2 Å². The first-order chi connectivity index (χ1) is 14.8. The highest BCUT2D eigenvalue weighted by molar-refractivity contribution is 7.88. The molecular weight excluding hydrogens is 443 g/mol. The monoisotopic (exact) mass is 475 g/mol. The van der Waals surface area contributed by atoms with Gasteiger partial charge in [0.15, 0.2) is 0 Å². The van der Waals surface area contributed by atoms with Crippen LogP contribution in [0.4, 0.5) is 13.2 Å².